The van der Waals surface area contributed by atoms with Crippen molar-refractivity contribution < 1.29 is 0 Å². The molecule has 0 aromatic heterocycles. The van der Waals surface area contributed by atoms with Gasteiger partial charge >= 0.3 is 0 Å². The first-order valence-corrected chi connectivity index (χ1v) is 7.67. The molecule has 0 amide bonds. The van der Waals surface area contributed by atoms with E-state index in [1.165, 1.54) is 17.7 Å². The molecule has 0 bridgehead atoms. The van der Waals surface area contributed by atoms with Gasteiger partial charge in [0.05, 0.1) is 0 Å². The monoisotopic (exact) mass is 276 g/mol. The quantitative estimate of drug-likeness (QED) is 0.731. The second-order valence-electron chi connectivity index (χ2n) is 5.59. The van der Waals surface area contributed by atoms with Crippen molar-refractivity contribution in [1.82, 2.24) is 15.5 Å². The Morgan fingerprint density at radius 1 is 1.00 bits per heavy atom. The molecule has 1 aliphatic rings. The highest BCUT2D eigenvalue weighted by Gasteiger charge is 2.13. The van der Waals surface area contributed by atoms with Gasteiger partial charge in [0.1, 0.15) is 0 Å². The second kappa shape index (κ2) is 8.25. The number of nitrogens with zero attached hydrogens (tertiary/aromatic N) is 2. The molecule has 4 nitrogen and oxygen atoms in total. The summed E-state index contributed by atoms with van der Waals surface area (Å²) in [6, 6.07) is 9.02. The molecular weight excluding hydrogens is 248 g/mol. The highest BCUT2D eigenvalue weighted by molar-refractivity contribution is 5.48. The van der Waals surface area contributed by atoms with E-state index >= 15 is 0 Å². The van der Waals surface area contributed by atoms with Gasteiger partial charge in [-0.1, -0.05) is 12.1 Å². The molecule has 0 aliphatic carbocycles. The van der Waals surface area contributed by atoms with Crippen LogP contribution in [0.4, 0.5) is 5.69 Å². The molecular formula is C16H28N4. The first-order valence-electron chi connectivity index (χ1n) is 7.67. The van der Waals surface area contributed by atoms with Crippen LogP contribution in [0.1, 0.15) is 12.0 Å². The Morgan fingerprint density at radius 3 is 2.35 bits per heavy atom. The van der Waals surface area contributed by atoms with Crippen molar-refractivity contribution in [3.8, 4) is 0 Å². The summed E-state index contributed by atoms with van der Waals surface area (Å²) in [6.45, 7) is 7.71. The normalized spacial score (nSPS) is 16.6. The van der Waals surface area contributed by atoms with E-state index in [2.05, 4.69) is 51.7 Å². The fourth-order valence-electron chi connectivity index (χ4n) is 2.51. The van der Waals surface area contributed by atoms with E-state index in [9.17, 15) is 0 Å². The highest BCUT2D eigenvalue weighted by atomic mass is 15.2. The summed E-state index contributed by atoms with van der Waals surface area (Å²) in [5.41, 5.74) is 2.73. The summed E-state index contributed by atoms with van der Waals surface area (Å²) in [6.07, 6.45) is 1.18. The molecule has 2 N–H and O–H groups in total. The van der Waals surface area contributed by atoms with E-state index in [0.717, 1.165) is 45.8 Å². The van der Waals surface area contributed by atoms with Gasteiger partial charge in [-0.2, -0.15) is 0 Å². The number of anilines is 1. The average Bonchev–Trinajstić information content (AvgIpc) is 2.49. The number of nitrogens with one attached hydrogen (secondary N) is 2. The third-order valence-electron chi connectivity index (χ3n) is 3.91. The lowest BCUT2D eigenvalue weighted by atomic mass is 10.1. The van der Waals surface area contributed by atoms with Crippen LogP contribution in [0.5, 0.6) is 0 Å². The number of hydrogen-bond acceptors (Lipinski definition) is 4. The smallest absolute Gasteiger partial charge is 0.0367 e. The summed E-state index contributed by atoms with van der Waals surface area (Å²) in [5.74, 6) is 0. The van der Waals surface area contributed by atoms with Crippen LogP contribution in [0.3, 0.4) is 0 Å². The molecule has 0 spiro atoms. The van der Waals surface area contributed by atoms with E-state index in [0.29, 0.717) is 0 Å². The minimum Gasteiger partial charge on any atom is -0.369 e. The molecule has 2 rings (SSSR count). The molecule has 0 radical (unpaired) electrons. The summed E-state index contributed by atoms with van der Waals surface area (Å²) in [5, 5.41) is 6.65. The van der Waals surface area contributed by atoms with Gasteiger partial charge in [0.25, 0.3) is 0 Å². The zero-order chi connectivity index (χ0) is 14.2. The van der Waals surface area contributed by atoms with Crippen LogP contribution in [-0.2, 0) is 6.54 Å². The van der Waals surface area contributed by atoms with Crippen molar-refractivity contribution in [2.75, 3.05) is 58.3 Å². The van der Waals surface area contributed by atoms with Gasteiger partial charge in [-0.3, -0.25) is 0 Å². The van der Waals surface area contributed by atoms with Crippen LogP contribution in [-0.4, -0.2) is 58.3 Å². The average molecular weight is 276 g/mol. The van der Waals surface area contributed by atoms with Crippen molar-refractivity contribution in [3.05, 3.63) is 29.8 Å². The Kier molecular flexibility index (Phi) is 6.30. The summed E-state index contributed by atoms with van der Waals surface area (Å²) >= 11 is 0. The zero-order valence-electron chi connectivity index (χ0n) is 12.9. The van der Waals surface area contributed by atoms with E-state index < -0.39 is 0 Å². The van der Waals surface area contributed by atoms with Crippen LogP contribution in [0.15, 0.2) is 24.3 Å². The maximum atomic E-state index is 3.48. The molecule has 4 heteroatoms. The van der Waals surface area contributed by atoms with Crippen LogP contribution in [0.25, 0.3) is 0 Å². The molecule has 0 atom stereocenters. The lowest BCUT2D eigenvalue weighted by Crippen LogP contribution is -2.44. The SMILES string of the molecule is CNCCCNCc1ccc(N2CCN(C)CC2)cc1. The fourth-order valence-corrected chi connectivity index (χ4v) is 2.51. The molecule has 20 heavy (non-hydrogen) atoms. The van der Waals surface area contributed by atoms with Gasteiger partial charge in [0, 0.05) is 38.4 Å². The fraction of sp³-hybridized carbons (Fsp3) is 0.625. The molecule has 1 aromatic carbocycles. The zero-order valence-corrected chi connectivity index (χ0v) is 12.9. The molecule has 0 unspecified atom stereocenters. The van der Waals surface area contributed by atoms with Crippen LogP contribution < -0.4 is 15.5 Å². The van der Waals surface area contributed by atoms with E-state index in [1.54, 1.807) is 0 Å². The number of hydrogen-bond donors (Lipinski definition) is 2. The van der Waals surface area contributed by atoms with Crippen LogP contribution in [0.2, 0.25) is 0 Å². The van der Waals surface area contributed by atoms with Crippen LogP contribution in [0, 0.1) is 0 Å². The first kappa shape index (κ1) is 15.3. The van der Waals surface area contributed by atoms with Crippen LogP contribution >= 0.6 is 0 Å². The van der Waals surface area contributed by atoms with Crippen molar-refractivity contribution in [2.45, 2.75) is 13.0 Å². The van der Waals surface area contributed by atoms with Crippen molar-refractivity contribution in [3.63, 3.8) is 0 Å². The Bertz CT molecular complexity index is 369. The predicted octanol–water partition coefficient (Wildman–Crippen LogP) is 1.14. The van der Waals surface area contributed by atoms with E-state index in [-0.39, 0.29) is 0 Å². The molecule has 1 heterocycles. The number of likely N-dealkylation sites (N-methyl/N-ethyl adjacent to an activating group) is 1. The maximum absolute atomic E-state index is 3.48. The summed E-state index contributed by atoms with van der Waals surface area (Å²) < 4.78 is 0. The number of piperazine rings is 1. The maximum Gasteiger partial charge on any atom is 0.0367 e. The highest BCUT2D eigenvalue weighted by Crippen LogP contribution is 2.16. The number of benzene rings is 1. The third-order valence-corrected chi connectivity index (χ3v) is 3.91. The van der Waals surface area contributed by atoms with E-state index in [4.69, 9.17) is 0 Å². The summed E-state index contributed by atoms with van der Waals surface area (Å²) in [7, 11) is 4.19. The largest absolute Gasteiger partial charge is 0.369 e. The van der Waals surface area contributed by atoms with Gasteiger partial charge in [0.15, 0.2) is 0 Å². The van der Waals surface area contributed by atoms with Crippen molar-refractivity contribution in [1.29, 1.82) is 0 Å². The second-order valence-corrected chi connectivity index (χ2v) is 5.59. The standard InChI is InChI=1S/C16H28N4/c1-17-8-3-9-18-14-15-4-6-16(7-5-15)20-12-10-19(2)11-13-20/h4-7,17-18H,3,8-14H2,1-2H3. The Balaban J connectivity index is 1.75. The minimum atomic E-state index is 0.965. The topological polar surface area (TPSA) is 30.5 Å². The van der Waals surface area contributed by atoms with Gasteiger partial charge in [0.2, 0.25) is 0 Å². The van der Waals surface area contributed by atoms with Gasteiger partial charge in [-0.15, -0.1) is 0 Å². The van der Waals surface area contributed by atoms with Gasteiger partial charge in [-0.25, -0.2) is 0 Å². The van der Waals surface area contributed by atoms with Crippen molar-refractivity contribution >= 4 is 5.69 Å². The number of rotatable bonds is 7. The Hall–Kier alpha value is -1.10. The van der Waals surface area contributed by atoms with E-state index in [1.807, 2.05) is 7.05 Å². The third kappa shape index (κ3) is 4.78. The van der Waals surface area contributed by atoms with Crippen molar-refractivity contribution in [2.24, 2.45) is 0 Å². The lowest BCUT2D eigenvalue weighted by molar-refractivity contribution is 0.313. The molecule has 1 fully saturated rings. The molecule has 0 saturated carbocycles. The van der Waals surface area contributed by atoms with Gasteiger partial charge in [-0.05, 0) is 51.3 Å². The first-order chi connectivity index (χ1) is 9.79. The minimum absolute atomic E-state index is 0.965. The molecule has 1 aromatic rings. The lowest BCUT2D eigenvalue weighted by Gasteiger charge is -2.34. The van der Waals surface area contributed by atoms with Gasteiger partial charge < -0.3 is 20.4 Å². The Morgan fingerprint density at radius 2 is 1.70 bits per heavy atom. The summed E-state index contributed by atoms with van der Waals surface area (Å²) in [4.78, 5) is 4.87. The molecule has 1 aliphatic heterocycles. The Labute approximate surface area is 123 Å². The predicted molar refractivity (Wildman–Crippen MR) is 86.4 cm³/mol. The molecule has 1 saturated heterocycles. The molecule has 112 valence electrons.